The van der Waals surface area contributed by atoms with Crippen LogP contribution in [-0.2, 0) is 0 Å². The Hall–Kier alpha value is -1.58. The zero-order chi connectivity index (χ0) is 12.5. The number of fused-ring (bicyclic) bond motifs is 2. The van der Waals surface area contributed by atoms with E-state index >= 15 is 0 Å². The van der Waals surface area contributed by atoms with Gasteiger partial charge in [-0.1, -0.05) is 6.42 Å². The molecule has 2 N–H and O–H groups in total. The number of nitrogens with one attached hydrogen (secondary N) is 2. The molecular weight excluding hydrogens is 226 g/mol. The number of carbonyl (C=O) groups excluding carboxylic acids is 1. The highest BCUT2D eigenvalue weighted by atomic mass is 16.1. The van der Waals surface area contributed by atoms with Gasteiger partial charge >= 0.3 is 0 Å². The van der Waals surface area contributed by atoms with E-state index in [1.165, 1.54) is 19.3 Å². The number of carbonyl (C=O) groups is 1. The Balaban J connectivity index is 1.71. The summed E-state index contributed by atoms with van der Waals surface area (Å²) in [6, 6.07) is 2.21. The van der Waals surface area contributed by atoms with Crippen LogP contribution in [-0.4, -0.2) is 24.0 Å². The number of nitrogens with zero attached hydrogens (tertiary/aromatic N) is 1. The molecule has 3 rings (SSSR count). The third-order valence-corrected chi connectivity index (χ3v) is 4.39. The number of pyridine rings is 1. The number of anilines is 1. The van der Waals surface area contributed by atoms with E-state index in [4.69, 9.17) is 0 Å². The van der Waals surface area contributed by atoms with Crippen LogP contribution in [0.2, 0.25) is 0 Å². The first-order chi connectivity index (χ1) is 8.78. The molecule has 3 unspecified atom stereocenters. The van der Waals surface area contributed by atoms with Crippen LogP contribution in [0.15, 0.2) is 18.5 Å². The lowest BCUT2D eigenvalue weighted by atomic mass is 9.95. The lowest BCUT2D eigenvalue weighted by Crippen LogP contribution is -2.38. The second-order valence-corrected chi connectivity index (χ2v) is 5.43. The van der Waals surface area contributed by atoms with E-state index in [9.17, 15) is 4.79 Å². The number of hydrogen-bond acceptors (Lipinski definition) is 3. The molecule has 0 aliphatic heterocycles. The minimum absolute atomic E-state index is 0.00463. The van der Waals surface area contributed by atoms with Crippen LogP contribution in [0.1, 0.15) is 36.0 Å². The summed E-state index contributed by atoms with van der Waals surface area (Å²) < 4.78 is 0. The average molecular weight is 245 g/mol. The number of hydrogen-bond donors (Lipinski definition) is 2. The number of aromatic nitrogens is 1. The first kappa shape index (κ1) is 11.5. The minimum Gasteiger partial charge on any atom is -0.387 e. The largest absolute Gasteiger partial charge is 0.387 e. The lowest BCUT2D eigenvalue weighted by molar-refractivity contribution is 0.0923. The van der Waals surface area contributed by atoms with Crippen LogP contribution in [0, 0.1) is 11.8 Å². The molecule has 2 aliphatic carbocycles. The third-order valence-electron chi connectivity index (χ3n) is 4.39. The van der Waals surface area contributed by atoms with Crippen molar-refractivity contribution in [3.8, 4) is 0 Å². The molecule has 18 heavy (non-hydrogen) atoms. The maximum Gasteiger partial charge on any atom is 0.255 e. The van der Waals surface area contributed by atoms with Crippen molar-refractivity contribution in [3.05, 3.63) is 24.0 Å². The summed E-state index contributed by atoms with van der Waals surface area (Å²) in [5, 5.41) is 6.22. The van der Waals surface area contributed by atoms with Gasteiger partial charge in [0.15, 0.2) is 0 Å². The first-order valence-corrected chi connectivity index (χ1v) is 6.70. The van der Waals surface area contributed by atoms with Crippen molar-refractivity contribution in [2.75, 3.05) is 12.4 Å². The zero-order valence-electron chi connectivity index (χ0n) is 10.6. The van der Waals surface area contributed by atoms with Crippen molar-refractivity contribution in [3.63, 3.8) is 0 Å². The Morgan fingerprint density at radius 3 is 2.94 bits per heavy atom. The van der Waals surface area contributed by atoms with E-state index in [2.05, 4.69) is 15.6 Å². The van der Waals surface area contributed by atoms with Gasteiger partial charge in [-0.3, -0.25) is 9.78 Å². The Labute approximate surface area is 107 Å². The molecule has 0 aromatic carbocycles. The molecule has 4 heteroatoms. The molecule has 0 saturated heterocycles. The molecule has 1 heterocycles. The predicted octanol–water partition coefficient (Wildman–Crippen LogP) is 2.04. The van der Waals surface area contributed by atoms with Gasteiger partial charge in [0.25, 0.3) is 5.91 Å². The van der Waals surface area contributed by atoms with Crippen LogP contribution in [0.5, 0.6) is 0 Å². The van der Waals surface area contributed by atoms with E-state index in [0.717, 1.165) is 18.0 Å². The van der Waals surface area contributed by atoms with E-state index in [0.29, 0.717) is 17.5 Å². The highest BCUT2D eigenvalue weighted by molar-refractivity contribution is 5.99. The summed E-state index contributed by atoms with van der Waals surface area (Å²) >= 11 is 0. The van der Waals surface area contributed by atoms with Crippen LogP contribution in [0.25, 0.3) is 0 Å². The van der Waals surface area contributed by atoms with Gasteiger partial charge in [0.05, 0.1) is 5.56 Å². The summed E-state index contributed by atoms with van der Waals surface area (Å²) in [6.45, 7) is 0. The van der Waals surface area contributed by atoms with Crippen LogP contribution in [0.3, 0.4) is 0 Å². The predicted molar refractivity (Wildman–Crippen MR) is 70.5 cm³/mol. The summed E-state index contributed by atoms with van der Waals surface area (Å²) in [7, 11) is 1.82. The molecule has 1 aromatic rings. The molecule has 1 amide bonds. The summed E-state index contributed by atoms with van der Waals surface area (Å²) in [5.74, 6) is 1.55. The van der Waals surface area contributed by atoms with Crippen molar-refractivity contribution in [2.24, 2.45) is 11.8 Å². The molecule has 1 aromatic heterocycles. The molecular formula is C14H19N3O. The smallest absolute Gasteiger partial charge is 0.255 e. The van der Waals surface area contributed by atoms with Crippen molar-refractivity contribution in [1.29, 1.82) is 0 Å². The Bertz CT molecular complexity index is 460. The highest BCUT2D eigenvalue weighted by Gasteiger charge is 2.40. The molecule has 2 saturated carbocycles. The number of amides is 1. The van der Waals surface area contributed by atoms with E-state index in [1.807, 2.05) is 13.1 Å². The zero-order valence-corrected chi connectivity index (χ0v) is 10.6. The fraction of sp³-hybridized carbons (Fsp3) is 0.571. The maximum absolute atomic E-state index is 12.3. The fourth-order valence-corrected chi connectivity index (χ4v) is 3.46. The third kappa shape index (κ3) is 1.96. The van der Waals surface area contributed by atoms with E-state index in [-0.39, 0.29) is 5.91 Å². The van der Waals surface area contributed by atoms with Gasteiger partial charge in [-0.25, -0.2) is 0 Å². The van der Waals surface area contributed by atoms with Gasteiger partial charge in [-0.2, -0.15) is 0 Å². The Kier molecular flexibility index (Phi) is 2.94. The molecule has 2 fully saturated rings. The first-order valence-electron chi connectivity index (χ1n) is 6.70. The van der Waals surface area contributed by atoms with Gasteiger partial charge in [0, 0.05) is 31.2 Å². The SMILES string of the molecule is CNc1ccncc1C(=O)NC1CC2CCC1C2. The van der Waals surface area contributed by atoms with Crippen LogP contribution in [0.4, 0.5) is 5.69 Å². The van der Waals surface area contributed by atoms with Gasteiger partial charge in [0.1, 0.15) is 0 Å². The molecule has 2 aliphatic rings. The van der Waals surface area contributed by atoms with Crippen molar-refractivity contribution in [2.45, 2.75) is 31.7 Å². The highest BCUT2D eigenvalue weighted by Crippen LogP contribution is 2.44. The minimum atomic E-state index is 0.00463. The summed E-state index contributed by atoms with van der Waals surface area (Å²) in [6.07, 6.45) is 8.42. The molecule has 96 valence electrons. The van der Waals surface area contributed by atoms with Gasteiger partial charge in [-0.15, -0.1) is 0 Å². The van der Waals surface area contributed by atoms with Gasteiger partial charge in [-0.05, 0) is 37.2 Å². The van der Waals surface area contributed by atoms with Gasteiger partial charge in [0.2, 0.25) is 0 Å². The summed E-state index contributed by atoms with van der Waals surface area (Å²) in [4.78, 5) is 16.3. The normalized spacial score (nSPS) is 29.3. The Morgan fingerprint density at radius 2 is 2.28 bits per heavy atom. The van der Waals surface area contributed by atoms with Crippen molar-refractivity contribution in [1.82, 2.24) is 10.3 Å². The second kappa shape index (κ2) is 4.59. The molecule has 2 bridgehead atoms. The molecule has 0 radical (unpaired) electrons. The Morgan fingerprint density at radius 1 is 1.39 bits per heavy atom. The summed E-state index contributed by atoms with van der Waals surface area (Å²) in [5.41, 5.74) is 1.48. The topological polar surface area (TPSA) is 54.0 Å². The average Bonchev–Trinajstić information content (AvgIpc) is 3.01. The second-order valence-electron chi connectivity index (χ2n) is 5.43. The lowest BCUT2D eigenvalue weighted by Gasteiger charge is -2.23. The van der Waals surface area contributed by atoms with E-state index in [1.54, 1.807) is 12.4 Å². The molecule has 4 nitrogen and oxygen atoms in total. The molecule has 3 atom stereocenters. The standard InChI is InChI=1S/C14H19N3O/c1-15-12-4-5-16-8-11(12)14(18)17-13-7-9-2-3-10(13)6-9/h4-5,8-10,13H,2-3,6-7H2,1H3,(H,15,16)(H,17,18). The van der Waals surface area contributed by atoms with Gasteiger partial charge < -0.3 is 10.6 Å². The molecule has 0 spiro atoms. The monoisotopic (exact) mass is 245 g/mol. The fourth-order valence-electron chi connectivity index (χ4n) is 3.46. The number of rotatable bonds is 3. The van der Waals surface area contributed by atoms with Crippen molar-refractivity contribution >= 4 is 11.6 Å². The quantitative estimate of drug-likeness (QED) is 0.857. The van der Waals surface area contributed by atoms with Crippen molar-refractivity contribution < 1.29 is 4.79 Å². The maximum atomic E-state index is 12.3. The van der Waals surface area contributed by atoms with Crippen LogP contribution >= 0.6 is 0 Å². The van der Waals surface area contributed by atoms with E-state index < -0.39 is 0 Å². The van der Waals surface area contributed by atoms with Crippen LogP contribution < -0.4 is 10.6 Å².